The highest BCUT2D eigenvalue weighted by Crippen LogP contribution is 2.27. The van der Waals surface area contributed by atoms with Crippen molar-refractivity contribution in [3.05, 3.63) is 29.8 Å². The summed E-state index contributed by atoms with van der Waals surface area (Å²) in [6.45, 7) is 3.98. The van der Waals surface area contributed by atoms with Crippen molar-refractivity contribution in [2.24, 2.45) is 5.41 Å². The summed E-state index contributed by atoms with van der Waals surface area (Å²) in [6.07, 6.45) is 0. The van der Waals surface area contributed by atoms with Crippen molar-refractivity contribution in [3.63, 3.8) is 0 Å². The molecule has 1 aliphatic rings. The Morgan fingerprint density at radius 3 is 2.39 bits per heavy atom. The van der Waals surface area contributed by atoms with E-state index in [0.29, 0.717) is 25.6 Å². The van der Waals surface area contributed by atoms with Crippen molar-refractivity contribution < 1.29 is 24.2 Å². The number of ketones is 1. The first-order valence-electron chi connectivity index (χ1n) is 5.58. The number of aliphatic carboxylic acids is 1. The predicted molar refractivity (Wildman–Crippen MR) is 62.8 cm³/mol. The molecule has 1 fully saturated rings. The average Bonchev–Trinajstić information content (AvgIpc) is 2.33. The van der Waals surface area contributed by atoms with Crippen LogP contribution in [0.3, 0.4) is 0 Å². The molecule has 0 saturated carbocycles. The Kier molecular flexibility index (Phi) is 3.34. The first kappa shape index (κ1) is 12.6. The molecule has 0 atom stereocenters. The molecule has 0 spiro atoms. The minimum Gasteiger partial charge on any atom is -0.493 e. The van der Waals surface area contributed by atoms with E-state index in [0.717, 1.165) is 0 Å². The lowest BCUT2D eigenvalue weighted by molar-refractivity contribution is -0.131. The lowest BCUT2D eigenvalue weighted by atomic mass is 9.90. The SMILES string of the molecule is CC1(COc2ccc(C(=O)C(=O)O)cc2)COC1. The summed E-state index contributed by atoms with van der Waals surface area (Å²) in [5.74, 6) is -1.76. The zero-order valence-electron chi connectivity index (χ0n) is 10.0. The van der Waals surface area contributed by atoms with Crippen LogP contribution >= 0.6 is 0 Å². The number of carbonyl (C=O) groups is 2. The summed E-state index contributed by atoms with van der Waals surface area (Å²) in [7, 11) is 0. The van der Waals surface area contributed by atoms with E-state index in [2.05, 4.69) is 6.92 Å². The van der Waals surface area contributed by atoms with Crippen molar-refractivity contribution in [1.29, 1.82) is 0 Å². The zero-order chi connectivity index (χ0) is 13.2. The fourth-order valence-corrected chi connectivity index (χ4v) is 1.62. The van der Waals surface area contributed by atoms with Crippen LogP contribution in [0.15, 0.2) is 24.3 Å². The van der Waals surface area contributed by atoms with Gasteiger partial charge < -0.3 is 14.6 Å². The Hall–Kier alpha value is -1.88. The normalized spacial score (nSPS) is 16.7. The quantitative estimate of drug-likeness (QED) is 0.631. The van der Waals surface area contributed by atoms with Crippen molar-refractivity contribution in [2.75, 3.05) is 19.8 Å². The highest BCUT2D eigenvalue weighted by molar-refractivity contribution is 6.39. The lowest BCUT2D eigenvalue weighted by Gasteiger charge is -2.37. The van der Waals surface area contributed by atoms with Crippen LogP contribution in [0.25, 0.3) is 0 Å². The van der Waals surface area contributed by atoms with E-state index in [4.69, 9.17) is 14.6 Å². The van der Waals surface area contributed by atoms with Crippen LogP contribution in [0, 0.1) is 5.41 Å². The second-order valence-corrected chi connectivity index (χ2v) is 4.75. The number of hydrogen-bond acceptors (Lipinski definition) is 4. The minimum atomic E-state index is -1.46. The van der Waals surface area contributed by atoms with Crippen LogP contribution in [0.2, 0.25) is 0 Å². The van der Waals surface area contributed by atoms with Crippen LogP contribution in [0.1, 0.15) is 17.3 Å². The smallest absolute Gasteiger partial charge is 0.377 e. The van der Waals surface area contributed by atoms with Crippen LogP contribution < -0.4 is 4.74 Å². The average molecular weight is 250 g/mol. The maximum absolute atomic E-state index is 11.2. The van der Waals surface area contributed by atoms with Gasteiger partial charge in [0.25, 0.3) is 5.78 Å². The number of carboxylic acids is 1. The first-order valence-corrected chi connectivity index (χ1v) is 5.58. The molecule has 1 aliphatic heterocycles. The molecule has 0 unspecified atom stereocenters. The van der Waals surface area contributed by atoms with Crippen LogP contribution in [-0.4, -0.2) is 36.7 Å². The number of hydrogen-bond donors (Lipinski definition) is 1. The topological polar surface area (TPSA) is 72.8 Å². The van der Waals surface area contributed by atoms with E-state index < -0.39 is 11.8 Å². The van der Waals surface area contributed by atoms with Crippen LogP contribution in [0.4, 0.5) is 0 Å². The van der Waals surface area contributed by atoms with Gasteiger partial charge in [-0.1, -0.05) is 6.92 Å². The van der Waals surface area contributed by atoms with Crippen molar-refractivity contribution in [2.45, 2.75) is 6.92 Å². The molecule has 1 N–H and O–H groups in total. The lowest BCUT2D eigenvalue weighted by Crippen LogP contribution is -2.44. The van der Waals surface area contributed by atoms with Crippen molar-refractivity contribution >= 4 is 11.8 Å². The van der Waals surface area contributed by atoms with E-state index >= 15 is 0 Å². The number of carboxylic acid groups (broad SMARTS) is 1. The van der Waals surface area contributed by atoms with Gasteiger partial charge in [-0.15, -0.1) is 0 Å². The third-order valence-corrected chi connectivity index (χ3v) is 2.80. The molecule has 0 aromatic heterocycles. The van der Waals surface area contributed by atoms with Gasteiger partial charge in [0.1, 0.15) is 5.75 Å². The van der Waals surface area contributed by atoms with Gasteiger partial charge >= 0.3 is 5.97 Å². The molecule has 5 heteroatoms. The molecule has 1 heterocycles. The Balaban J connectivity index is 1.95. The molecule has 5 nitrogen and oxygen atoms in total. The Labute approximate surface area is 104 Å². The maximum Gasteiger partial charge on any atom is 0.377 e. The zero-order valence-corrected chi connectivity index (χ0v) is 10.0. The molecule has 18 heavy (non-hydrogen) atoms. The summed E-state index contributed by atoms with van der Waals surface area (Å²) in [4.78, 5) is 21.7. The maximum atomic E-state index is 11.2. The van der Waals surface area contributed by atoms with Gasteiger partial charge in [-0.25, -0.2) is 4.79 Å². The third-order valence-electron chi connectivity index (χ3n) is 2.80. The van der Waals surface area contributed by atoms with E-state index in [9.17, 15) is 9.59 Å². The summed E-state index contributed by atoms with van der Waals surface area (Å²) >= 11 is 0. The number of carbonyl (C=O) groups excluding carboxylic acids is 1. The van der Waals surface area contributed by atoms with E-state index in [1.807, 2.05) is 0 Å². The highest BCUT2D eigenvalue weighted by Gasteiger charge is 2.34. The fraction of sp³-hybridized carbons (Fsp3) is 0.385. The van der Waals surface area contributed by atoms with E-state index in [-0.39, 0.29) is 11.0 Å². The summed E-state index contributed by atoms with van der Waals surface area (Å²) in [6, 6.07) is 6.09. The molecular formula is C13H14O5. The number of rotatable bonds is 5. The Bertz CT molecular complexity index is 459. The van der Waals surface area contributed by atoms with Gasteiger partial charge in [0, 0.05) is 11.0 Å². The molecule has 0 bridgehead atoms. The van der Waals surface area contributed by atoms with Crippen LogP contribution in [-0.2, 0) is 9.53 Å². The standard InChI is InChI=1S/C13H14O5/c1-13(6-17-7-13)8-18-10-4-2-9(3-5-10)11(14)12(15)16/h2-5H,6-8H2,1H3,(H,15,16). The monoisotopic (exact) mass is 250 g/mol. The molecule has 1 aromatic rings. The Morgan fingerprint density at radius 1 is 1.33 bits per heavy atom. The van der Waals surface area contributed by atoms with E-state index in [1.54, 1.807) is 12.1 Å². The van der Waals surface area contributed by atoms with Gasteiger partial charge in [-0.2, -0.15) is 0 Å². The number of benzene rings is 1. The van der Waals surface area contributed by atoms with Crippen molar-refractivity contribution in [1.82, 2.24) is 0 Å². The largest absolute Gasteiger partial charge is 0.493 e. The van der Waals surface area contributed by atoms with Crippen molar-refractivity contribution in [3.8, 4) is 5.75 Å². The molecule has 2 rings (SSSR count). The second kappa shape index (κ2) is 4.78. The molecule has 1 saturated heterocycles. The highest BCUT2D eigenvalue weighted by atomic mass is 16.5. The second-order valence-electron chi connectivity index (χ2n) is 4.75. The molecule has 96 valence electrons. The Morgan fingerprint density at radius 2 is 1.94 bits per heavy atom. The predicted octanol–water partition coefficient (Wildman–Crippen LogP) is 1.37. The van der Waals surface area contributed by atoms with Crippen LogP contribution in [0.5, 0.6) is 5.75 Å². The summed E-state index contributed by atoms with van der Waals surface area (Å²) in [5.41, 5.74) is 0.197. The first-order chi connectivity index (χ1) is 8.50. The van der Waals surface area contributed by atoms with Gasteiger partial charge in [0.05, 0.1) is 19.8 Å². The van der Waals surface area contributed by atoms with Gasteiger partial charge in [-0.05, 0) is 24.3 Å². The molecule has 0 amide bonds. The molecule has 0 radical (unpaired) electrons. The van der Waals surface area contributed by atoms with Gasteiger partial charge in [0.2, 0.25) is 0 Å². The third kappa shape index (κ3) is 2.68. The fourth-order valence-electron chi connectivity index (χ4n) is 1.62. The van der Waals surface area contributed by atoms with Gasteiger partial charge in [0.15, 0.2) is 0 Å². The number of ether oxygens (including phenoxy) is 2. The minimum absolute atomic E-state index is 0.0511. The molecular weight excluding hydrogens is 236 g/mol. The van der Waals surface area contributed by atoms with Gasteiger partial charge in [-0.3, -0.25) is 4.79 Å². The summed E-state index contributed by atoms with van der Waals surface area (Å²) < 4.78 is 10.7. The summed E-state index contributed by atoms with van der Waals surface area (Å²) in [5, 5.41) is 8.56. The number of Topliss-reactive ketones (excluding diaryl/α,β-unsaturated/α-hetero) is 1. The van der Waals surface area contributed by atoms with E-state index in [1.165, 1.54) is 12.1 Å². The molecule has 1 aromatic carbocycles. The molecule has 0 aliphatic carbocycles.